The quantitative estimate of drug-likeness (QED) is 0.675. The Kier molecular flexibility index (Phi) is 2.40. The molecule has 4 heteroatoms. The molecule has 2 saturated carbocycles. The summed E-state index contributed by atoms with van der Waals surface area (Å²) in [5.74, 6) is 0.568. The van der Waals surface area contributed by atoms with Crippen LogP contribution in [0.1, 0.15) is 25.7 Å². The molecule has 0 spiro atoms. The number of nitrogens with one attached hydrogen (secondary N) is 1. The van der Waals surface area contributed by atoms with Gasteiger partial charge in [0, 0.05) is 6.04 Å². The molecule has 0 atom stereocenters. The Morgan fingerprint density at radius 3 is 2.69 bits per heavy atom. The SMILES string of the molecule is NCC1CC(OC(=O)NC2CC2)C1. The lowest BCUT2D eigenvalue weighted by atomic mass is 9.82. The van der Waals surface area contributed by atoms with Crippen LogP contribution in [-0.2, 0) is 4.74 Å². The minimum absolute atomic E-state index is 0.118. The van der Waals surface area contributed by atoms with Crippen molar-refractivity contribution in [3.63, 3.8) is 0 Å². The molecule has 0 saturated heterocycles. The zero-order chi connectivity index (χ0) is 9.26. The van der Waals surface area contributed by atoms with Gasteiger partial charge in [0.25, 0.3) is 0 Å². The predicted octanol–water partition coefficient (Wildman–Crippen LogP) is 0.612. The lowest BCUT2D eigenvalue weighted by molar-refractivity contribution is 0.0200. The van der Waals surface area contributed by atoms with Gasteiger partial charge in [0.15, 0.2) is 0 Å². The second kappa shape index (κ2) is 3.54. The van der Waals surface area contributed by atoms with Crippen LogP contribution in [0.25, 0.3) is 0 Å². The Labute approximate surface area is 77.8 Å². The fourth-order valence-electron chi connectivity index (χ4n) is 1.54. The second-order valence-corrected chi connectivity index (χ2v) is 4.02. The van der Waals surface area contributed by atoms with Gasteiger partial charge in [0.05, 0.1) is 0 Å². The van der Waals surface area contributed by atoms with Gasteiger partial charge in [-0.1, -0.05) is 0 Å². The van der Waals surface area contributed by atoms with Gasteiger partial charge in [-0.2, -0.15) is 0 Å². The summed E-state index contributed by atoms with van der Waals surface area (Å²) in [6.07, 6.45) is 3.95. The molecule has 74 valence electrons. The molecule has 0 aromatic carbocycles. The van der Waals surface area contributed by atoms with Crippen molar-refractivity contribution in [3.8, 4) is 0 Å². The Balaban J connectivity index is 1.59. The lowest BCUT2D eigenvalue weighted by Gasteiger charge is -2.33. The van der Waals surface area contributed by atoms with E-state index in [9.17, 15) is 4.79 Å². The minimum Gasteiger partial charge on any atom is -0.446 e. The zero-order valence-corrected chi connectivity index (χ0v) is 7.66. The normalized spacial score (nSPS) is 32.1. The summed E-state index contributed by atoms with van der Waals surface area (Å²) in [5.41, 5.74) is 5.46. The van der Waals surface area contributed by atoms with Crippen LogP contribution in [0.4, 0.5) is 4.79 Å². The number of hydrogen-bond donors (Lipinski definition) is 2. The Morgan fingerprint density at radius 1 is 1.46 bits per heavy atom. The van der Waals surface area contributed by atoms with Gasteiger partial charge in [-0.3, -0.25) is 0 Å². The topological polar surface area (TPSA) is 64.3 Å². The third-order valence-corrected chi connectivity index (χ3v) is 2.70. The molecule has 2 fully saturated rings. The average molecular weight is 184 g/mol. The van der Waals surface area contributed by atoms with E-state index in [0.717, 1.165) is 25.7 Å². The van der Waals surface area contributed by atoms with E-state index in [-0.39, 0.29) is 12.2 Å². The number of carbonyl (C=O) groups is 1. The Morgan fingerprint density at radius 2 is 2.15 bits per heavy atom. The monoisotopic (exact) mass is 184 g/mol. The molecule has 2 aliphatic rings. The Hall–Kier alpha value is -0.770. The first kappa shape index (κ1) is 8.81. The smallest absolute Gasteiger partial charge is 0.407 e. The fourth-order valence-corrected chi connectivity index (χ4v) is 1.54. The van der Waals surface area contributed by atoms with Crippen LogP contribution in [0.5, 0.6) is 0 Å². The molecule has 2 rings (SSSR count). The highest BCUT2D eigenvalue weighted by molar-refractivity contribution is 5.68. The first-order valence-corrected chi connectivity index (χ1v) is 4.95. The predicted molar refractivity (Wildman–Crippen MR) is 48.2 cm³/mol. The molecule has 0 bridgehead atoms. The van der Waals surface area contributed by atoms with Crippen molar-refractivity contribution in [3.05, 3.63) is 0 Å². The van der Waals surface area contributed by atoms with Crippen LogP contribution in [0.3, 0.4) is 0 Å². The standard InChI is InChI=1S/C9H16N2O2/c10-5-6-3-8(4-6)13-9(12)11-7-1-2-7/h6-8H,1-5,10H2,(H,11,12). The highest BCUT2D eigenvalue weighted by Gasteiger charge is 2.32. The number of ether oxygens (including phenoxy) is 1. The van der Waals surface area contributed by atoms with Crippen LogP contribution in [0, 0.1) is 5.92 Å². The zero-order valence-electron chi connectivity index (χ0n) is 7.66. The highest BCUT2D eigenvalue weighted by Crippen LogP contribution is 2.29. The summed E-state index contributed by atoms with van der Waals surface area (Å²) in [6.45, 7) is 0.712. The third-order valence-electron chi connectivity index (χ3n) is 2.70. The van der Waals surface area contributed by atoms with Crippen molar-refractivity contribution >= 4 is 6.09 Å². The molecule has 2 aliphatic carbocycles. The first-order valence-electron chi connectivity index (χ1n) is 4.95. The number of hydrogen-bond acceptors (Lipinski definition) is 3. The summed E-state index contributed by atoms with van der Waals surface area (Å²) in [7, 11) is 0. The van der Waals surface area contributed by atoms with E-state index in [1.54, 1.807) is 0 Å². The van der Waals surface area contributed by atoms with E-state index in [1.165, 1.54) is 0 Å². The molecule has 0 aromatic heterocycles. The summed E-state index contributed by atoms with van der Waals surface area (Å²) >= 11 is 0. The summed E-state index contributed by atoms with van der Waals surface area (Å²) in [6, 6.07) is 0.387. The van der Waals surface area contributed by atoms with Gasteiger partial charge in [-0.05, 0) is 38.1 Å². The largest absolute Gasteiger partial charge is 0.446 e. The third kappa shape index (κ3) is 2.34. The van der Waals surface area contributed by atoms with E-state index in [1.807, 2.05) is 0 Å². The maximum Gasteiger partial charge on any atom is 0.407 e. The molecule has 3 N–H and O–H groups in total. The fraction of sp³-hybridized carbons (Fsp3) is 0.889. The number of carbonyl (C=O) groups excluding carboxylic acids is 1. The average Bonchev–Trinajstić information content (AvgIpc) is 2.79. The maximum absolute atomic E-state index is 11.1. The number of rotatable bonds is 3. The summed E-state index contributed by atoms with van der Waals surface area (Å²) in [4.78, 5) is 11.1. The van der Waals surface area contributed by atoms with Crippen molar-refractivity contribution in [1.29, 1.82) is 0 Å². The summed E-state index contributed by atoms with van der Waals surface area (Å²) in [5, 5.41) is 2.79. The minimum atomic E-state index is -0.247. The summed E-state index contributed by atoms with van der Waals surface area (Å²) < 4.78 is 5.16. The van der Waals surface area contributed by atoms with Crippen LogP contribution < -0.4 is 11.1 Å². The van der Waals surface area contributed by atoms with Crippen LogP contribution >= 0.6 is 0 Å². The van der Waals surface area contributed by atoms with Gasteiger partial charge < -0.3 is 15.8 Å². The van der Waals surface area contributed by atoms with E-state index in [2.05, 4.69) is 5.32 Å². The first-order chi connectivity index (χ1) is 6.28. The van der Waals surface area contributed by atoms with Gasteiger partial charge in [-0.25, -0.2) is 4.79 Å². The molecule has 0 unspecified atom stereocenters. The molecular formula is C9H16N2O2. The molecule has 4 nitrogen and oxygen atoms in total. The maximum atomic E-state index is 11.1. The van der Waals surface area contributed by atoms with Gasteiger partial charge >= 0.3 is 6.09 Å². The molecule has 1 amide bonds. The lowest BCUT2D eigenvalue weighted by Crippen LogP contribution is -2.40. The van der Waals surface area contributed by atoms with Crippen LogP contribution in [0.2, 0.25) is 0 Å². The van der Waals surface area contributed by atoms with Crippen molar-refractivity contribution in [2.45, 2.75) is 37.8 Å². The van der Waals surface area contributed by atoms with E-state index in [0.29, 0.717) is 18.5 Å². The Bertz CT molecular complexity index is 198. The van der Waals surface area contributed by atoms with E-state index < -0.39 is 0 Å². The molecule has 0 aromatic rings. The van der Waals surface area contributed by atoms with Gasteiger partial charge in [0.2, 0.25) is 0 Å². The molecule has 0 heterocycles. The number of alkyl carbamates (subject to hydrolysis) is 1. The van der Waals surface area contributed by atoms with Crippen LogP contribution in [0.15, 0.2) is 0 Å². The second-order valence-electron chi connectivity index (χ2n) is 4.02. The van der Waals surface area contributed by atoms with Crippen LogP contribution in [-0.4, -0.2) is 24.8 Å². The highest BCUT2D eigenvalue weighted by atomic mass is 16.6. The van der Waals surface area contributed by atoms with E-state index in [4.69, 9.17) is 10.5 Å². The number of amides is 1. The van der Waals surface area contributed by atoms with Gasteiger partial charge in [0.1, 0.15) is 6.10 Å². The van der Waals surface area contributed by atoms with Crippen molar-refractivity contribution < 1.29 is 9.53 Å². The van der Waals surface area contributed by atoms with Gasteiger partial charge in [-0.15, -0.1) is 0 Å². The molecular weight excluding hydrogens is 168 g/mol. The molecule has 0 radical (unpaired) electrons. The van der Waals surface area contributed by atoms with Crippen molar-refractivity contribution in [1.82, 2.24) is 5.32 Å². The van der Waals surface area contributed by atoms with Crippen molar-refractivity contribution in [2.24, 2.45) is 11.7 Å². The number of nitrogens with two attached hydrogens (primary N) is 1. The van der Waals surface area contributed by atoms with Crippen molar-refractivity contribution in [2.75, 3.05) is 6.54 Å². The molecule has 0 aliphatic heterocycles. The van der Waals surface area contributed by atoms with E-state index >= 15 is 0 Å². The molecule has 13 heavy (non-hydrogen) atoms.